The van der Waals surface area contributed by atoms with Gasteiger partial charge in [0.15, 0.2) is 18.9 Å². The van der Waals surface area contributed by atoms with Crippen molar-refractivity contribution in [3.63, 3.8) is 0 Å². The molecule has 1 saturated carbocycles. The van der Waals surface area contributed by atoms with E-state index in [0.717, 1.165) is 0 Å². The molecular formula is C25H48N4O13. The highest BCUT2D eigenvalue weighted by atomic mass is 16.8. The first-order chi connectivity index (χ1) is 19.8. The summed E-state index contributed by atoms with van der Waals surface area (Å²) < 4.78 is 35.1. The van der Waals surface area contributed by atoms with Gasteiger partial charge in [0, 0.05) is 12.6 Å². The molecule has 0 aromatic carbocycles. The largest absolute Gasteiger partial charge is 0.394 e. The molecular weight excluding hydrogens is 564 g/mol. The molecule has 3 aliphatic heterocycles. The van der Waals surface area contributed by atoms with E-state index in [0.29, 0.717) is 12.8 Å². The van der Waals surface area contributed by atoms with Gasteiger partial charge in [0.25, 0.3) is 0 Å². The Morgan fingerprint density at radius 3 is 1.69 bits per heavy atom. The monoisotopic (exact) mass is 612 g/mol. The van der Waals surface area contributed by atoms with Crippen LogP contribution < -0.4 is 22.9 Å². The predicted octanol–water partition coefficient (Wildman–Crippen LogP) is -6.14. The summed E-state index contributed by atoms with van der Waals surface area (Å²) in [4.78, 5) is 0. The first-order valence-corrected chi connectivity index (χ1v) is 14.4. The average Bonchev–Trinajstić information content (AvgIpc) is 3.27. The van der Waals surface area contributed by atoms with E-state index >= 15 is 0 Å². The Balaban J connectivity index is 1.50. The Kier molecular flexibility index (Phi) is 11.5. The molecule has 17 heteroatoms. The molecule has 0 radical (unpaired) electrons. The lowest BCUT2D eigenvalue weighted by molar-refractivity contribution is -0.309. The molecule has 3 saturated heterocycles. The van der Waals surface area contributed by atoms with Crippen LogP contribution in [0.5, 0.6) is 0 Å². The second-order valence-corrected chi connectivity index (χ2v) is 11.7. The molecule has 15 N–H and O–H groups in total. The van der Waals surface area contributed by atoms with E-state index in [9.17, 15) is 35.7 Å². The Morgan fingerprint density at radius 2 is 1.14 bits per heavy atom. The quantitative estimate of drug-likeness (QED) is 0.115. The second-order valence-electron chi connectivity index (χ2n) is 11.7. The van der Waals surface area contributed by atoms with Gasteiger partial charge >= 0.3 is 0 Å². The molecule has 4 fully saturated rings. The SMILES string of the molecule is CCC1OC(OC2C(CO)OC(OC3C(O)C(C)CC(N)C3OC3OC(CN)C(O)C(O)C3N)C2O)C(N)C(O)C1O. The fourth-order valence-electron chi connectivity index (χ4n) is 6.08. The molecule has 0 aromatic heterocycles. The van der Waals surface area contributed by atoms with Gasteiger partial charge in [-0.15, -0.1) is 0 Å². The molecule has 246 valence electrons. The normalized spacial score (nSPS) is 53.8. The van der Waals surface area contributed by atoms with Gasteiger partial charge in [0.1, 0.15) is 61.0 Å². The first kappa shape index (κ1) is 34.2. The first-order valence-electron chi connectivity index (χ1n) is 14.4. The minimum Gasteiger partial charge on any atom is -0.394 e. The van der Waals surface area contributed by atoms with E-state index < -0.39 is 117 Å². The van der Waals surface area contributed by atoms with Crippen molar-refractivity contribution in [2.75, 3.05) is 13.2 Å². The molecule has 17 nitrogen and oxygen atoms in total. The number of hydrogen-bond acceptors (Lipinski definition) is 17. The summed E-state index contributed by atoms with van der Waals surface area (Å²) in [5.41, 5.74) is 24.2. The van der Waals surface area contributed by atoms with Gasteiger partial charge in [-0.2, -0.15) is 0 Å². The average molecular weight is 613 g/mol. The smallest absolute Gasteiger partial charge is 0.187 e. The van der Waals surface area contributed by atoms with Crippen LogP contribution in [0.3, 0.4) is 0 Å². The molecule has 0 spiro atoms. The van der Waals surface area contributed by atoms with Crippen molar-refractivity contribution in [1.29, 1.82) is 0 Å². The minimum absolute atomic E-state index is 0.128. The molecule has 3 heterocycles. The Labute approximate surface area is 243 Å². The van der Waals surface area contributed by atoms with Crippen LogP contribution in [0.1, 0.15) is 26.7 Å². The lowest BCUT2D eigenvalue weighted by Gasteiger charge is -2.47. The van der Waals surface area contributed by atoms with Crippen molar-refractivity contribution < 1.29 is 64.2 Å². The van der Waals surface area contributed by atoms with Crippen molar-refractivity contribution in [2.24, 2.45) is 28.9 Å². The predicted molar refractivity (Wildman–Crippen MR) is 141 cm³/mol. The van der Waals surface area contributed by atoms with Gasteiger partial charge in [-0.1, -0.05) is 13.8 Å². The number of aliphatic hydroxyl groups excluding tert-OH is 7. The molecule has 4 aliphatic rings. The minimum atomic E-state index is -1.53. The van der Waals surface area contributed by atoms with Crippen LogP contribution >= 0.6 is 0 Å². The topological polar surface area (TPSA) is 301 Å². The Morgan fingerprint density at radius 1 is 0.643 bits per heavy atom. The maximum Gasteiger partial charge on any atom is 0.187 e. The second kappa shape index (κ2) is 14.2. The van der Waals surface area contributed by atoms with Crippen molar-refractivity contribution in [3.05, 3.63) is 0 Å². The maximum atomic E-state index is 11.2. The third kappa shape index (κ3) is 6.63. The van der Waals surface area contributed by atoms with E-state index in [1.54, 1.807) is 13.8 Å². The summed E-state index contributed by atoms with van der Waals surface area (Å²) in [7, 11) is 0. The number of rotatable bonds is 9. The van der Waals surface area contributed by atoms with Crippen molar-refractivity contribution in [1.82, 2.24) is 0 Å². The highest BCUT2D eigenvalue weighted by Crippen LogP contribution is 2.36. The summed E-state index contributed by atoms with van der Waals surface area (Å²) in [6, 6.07) is -3.06. The molecule has 19 unspecified atom stereocenters. The zero-order valence-electron chi connectivity index (χ0n) is 23.7. The van der Waals surface area contributed by atoms with Crippen LogP contribution in [0.25, 0.3) is 0 Å². The zero-order valence-corrected chi connectivity index (χ0v) is 23.7. The van der Waals surface area contributed by atoms with Crippen LogP contribution in [-0.4, -0.2) is 159 Å². The molecule has 0 amide bonds. The third-order valence-corrected chi connectivity index (χ3v) is 8.79. The van der Waals surface area contributed by atoms with Gasteiger partial charge in [-0.3, -0.25) is 0 Å². The summed E-state index contributed by atoms with van der Waals surface area (Å²) >= 11 is 0. The molecule has 0 bridgehead atoms. The van der Waals surface area contributed by atoms with E-state index in [1.165, 1.54) is 0 Å². The van der Waals surface area contributed by atoms with Crippen LogP contribution in [0.15, 0.2) is 0 Å². The third-order valence-electron chi connectivity index (χ3n) is 8.79. The van der Waals surface area contributed by atoms with Crippen LogP contribution in [-0.2, 0) is 28.4 Å². The van der Waals surface area contributed by atoms with Crippen molar-refractivity contribution in [2.45, 2.75) is 137 Å². The Hall–Kier alpha value is -0.680. The number of aliphatic hydroxyl groups is 7. The summed E-state index contributed by atoms with van der Waals surface area (Å²) in [5, 5.41) is 73.4. The lowest BCUT2D eigenvalue weighted by atomic mass is 9.80. The standard InChI is InChI=1S/C25H48N4O13/c1-3-9-15(32)17(34)12(28)23(37-9)41-21-11(6-30)39-25(19(21)36)42-22-14(31)7(2)4-8(27)20(22)40-24-13(29)18(35)16(33)10(5-26)38-24/h7-25,30-36H,3-6,26-29H2,1-2H3. The van der Waals surface area contributed by atoms with E-state index in [1.807, 2.05) is 0 Å². The van der Waals surface area contributed by atoms with Crippen molar-refractivity contribution in [3.8, 4) is 0 Å². The summed E-state index contributed by atoms with van der Waals surface area (Å²) in [5.74, 6) is -0.359. The van der Waals surface area contributed by atoms with Gasteiger partial charge in [0.2, 0.25) is 0 Å². The fraction of sp³-hybridized carbons (Fsp3) is 1.00. The maximum absolute atomic E-state index is 11.2. The molecule has 19 atom stereocenters. The fourth-order valence-corrected chi connectivity index (χ4v) is 6.08. The molecule has 1 aliphatic carbocycles. The molecule has 42 heavy (non-hydrogen) atoms. The highest BCUT2D eigenvalue weighted by molar-refractivity contribution is 5.00. The van der Waals surface area contributed by atoms with Crippen LogP contribution in [0.4, 0.5) is 0 Å². The lowest BCUT2D eigenvalue weighted by Crippen LogP contribution is -2.66. The van der Waals surface area contributed by atoms with Gasteiger partial charge in [0.05, 0.1) is 30.9 Å². The highest BCUT2D eigenvalue weighted by Gasteiger charge is 2.54. The summed E-state index contributed by atoms with van der Waals surface area (Å²) in [6.45, 7) is 2.77. The Bertz CT molecular complexity index is 863. The van der Waals surface area contributed by atoms with E-state index in [-0.39, 0.29) is 12.5 Å². The van der Waals surface area contributed by atoms with Crippen molar-refractivity contribution >= 4 is 0 Å². The van der Waals surface area contributed by atoms with Gasteiger partial charge in [-0.25, -0.2) is 0 Å². The number of ether oxygens (including phenoxy) is 6. The number of nitrogens with two attached hydrogens (primary N) is 4. The molecule has 0 aromatic rings. The molecule has 4 rings (SSSR count). The van der Waals surface area contributed by atoms with E-state index in [2.05, 4.69) is 0 Å². The van der Waals surface area contributed by atoms with Crippen LogP contribution in [0.2, 0.25) is 0 Å². The van der Waals surface area contributed by atoms with E-state index in [4.69, 9.17) is 51.4 Å². The number of hydrogen-bond donors (Lipinski definition) is 11. The van der Waals surface area contributed by atoms with Crippen LogP contribution in [0, 0.1) is 5.92 Å². The van der Waals surface area contributed by atoms with Gasteiger partial charge < -0.3 is 87.1 Å². The van der Waals surface area contributed by atoms with Gasteiger partial charge in [-0.05, 0) is 18.8 Å². The zero-order chi connectivity index (χ0) is 31.0. The summed E-state index contributed by atoms with van der Waals surface area (Å²) in [6.07, 6.45) is -17.7.